The number of nitrogens with two attached hydrogens (primary N) is 1. The molecule has 6 heteroatoms. The molecule has 0 amide bonds. The van der Waals surface area contributed by atoms with Crippen LogP contribution in [-0.2, 0) is 0 Å². The molecule has 0 aliphatic carbocycles. The second-order valence-electron chi connectivity index (χ2n) is 5.05. The standard InChI is InChI=1S/C16H23ClN4S/c1-2-12-22-13-7-19-16(18)21-10-8-20(9-11-21)15-5-3-14(17)4-6-15/h2-6H,1,7-13H2,(H2,18,19). The molecule has 0 aromatic heterocycles. The van der Waals surface area contributed by atoms with Crippen LogP contribution in [0.4, 0.5) is 5.69 Å². The molecule has 1 saturated heterocycles. The Hall–Kier alpha value is -1.33. The van der Waals surface area contributed by atoms with Gasteiger partial charge in [-0.25, -0.2) is 0 Å². The number of guanidine groups is 1. The van der Waals surface area contributed by atoms with Gasteiger partial charge in [-0.15, -0.1) is 6.58 Å². The van der Waals surface area contributed by atoms with E-state index in [1.165, 1.54) is 5.69 Å². The van der Waals surface area contributed by atoms with E-state index in [0.717, 1.165) is 49.3 Å². The minimum absolute atomic E-state index is 0.662. The largest absolute Gasteiger partial charge is 0.370 e. The highest BCUT2D eigenvalue weighted by molar-refractivity contribution is 7.99. The number of halogens is 1. The molecular formula is C16H23ClN4S. The zero-order chi connectivity index (χ0) is 15.8. The first kappa shape index (κ1) is 17.0. The monoisotopic (exact) mass is 338 g/mol. The van der Waals surface area contributed by atoms with E-state index >= 15 is 0 Å². The van der Waals surface area contributed by atoms with Crippen molar-refractivity contribution in [3.63, 3.8) is 0 Å². The highest BCUT2D eigenvalue weighted by atomic mass is 35.5. The van der Waals surface area contributed by atoms with E-state index in [-0.39, 0.29) is 0 Å². The first-order valence-electron chi connectivity index (χ1n) is 7.44. The van der Waals surface area contributed by atoms with Crippen molar-refractivity contribution in [2.24, 2.45) is 10.7 Å². The second-order valence-corrected chi connectivity index (χ2v) is 6.64. The number of hydrogen-bond donors (Lipinski definition) is 1. The fourth-order valence-corrected chi connectivity index (χ4v) is 3.02. The Balaban J connectivity index is 1.77. The van der Waals surface area contributed by atoms with E-state index in [4.69, 9.17) is 17.3 Å². The number of nitrogens with zero attached hydrogens (tertiary/aromatic N) is 3. The Labute approximate surface area is 142 Å². The maximum atomic E-state index is 6.08. The van der Waals surface area contributed by atoms with Crippen LogP contribution in [-0.4, -0.2) is 55.1 Å². The lowest BCUT2D eigenvalue weighted by molar-refractivity contribution is 0.381. The van der Waals surface area contributed by atoms with Crippen molar-refractivity contribution in [3.05, 3.63) is 41.9 Å². The summed E-state index contributed by atoms with van der Waals surface area (Å²) < 4.78 is 0. The van der Waals surface area contributed by atoms with Crippen LogP contribution < -0.4 is 10.6 Å². The molecule has 0 bridgehead atoms. The molecular weight excluding hydrogens is 316 g/mol. The number of thioether (sulfide) groups is 1. The van der Waals surface area contributed by atoms with Crippen molar-refractivity contribution in [2.75, 3.05) is 49.1 Å². The third kappa shape index (κ3) is 5.14. The molecule has 2 N–H and O–H groups in total. The summed E-state index contributed by atoms with van der Waals surface area (Å²) in [5, 5.41) is 0.771. The zero-order valence-electron chi connectivity index (χ0n) is 12.7. The van der Waals surface area contributed by atoms with E-state index in [1.54, 1.807) is 0 Å². The van der Waals surface area contributed by atoms with Gasteiger partial charge in [-0.05, 0) is 24.3 Å². The van der Waals surface area contributed by atoms with E-state index in [0.29, 0.717) is 5.96 Å². The second kappa shape index (κ2) is 8.96. The van der Waals surface area contributed by atoms with Crippen LogP contribution in [0.1, 0.15) is 0 Å². The number of aliphatic imine (C=N–C) groups is 1. The first-order chi connectivity index (χ1) is 10.7. The molecule has 120 valence electrons. The average molecular weight is 339 g/mol. The molecule has 1 aromatic rings. The van der Waals surface area contributed by atoms with Gasteiger partial charge in [0.1, 0.15) is 0 Å². The zero-order valence-corrected chi connectivity index (χ0v) is 14.3. The Morgan fingerprint density at radius 2 is 1.95 bits per heavy atom. The topological polar surface area (TPSA) is 44.9 Å². The molecule has 0 atom stereocenters. The molecule has 1 aromatic carbocycles. The van der Waals surface area contributed by atoms with Crippen LogP contribution in [0.25, 0.3) is 0 Å². The summed E-state index contributed by atoms with van der Waals surface area (Å²) in [6.07, 6.45) is 1.91. The first-order valence-corrected chi connectivity index (χ1v) is 8.98. The van der Waals surface area contributed by atoms with Crippen LogP contribution in [0.15, 0.2) is 41.9 Å². The van der Waals surface area contributed by atoms with Gasteiger partial charge in [0.2, 0.25) is 0 Å². The maximum absolute atomic E-state index is 6.08. The molecule has 0 radical (unpaired) electrons. The summed E-state index contributed by atoms with van der Waals surface area (Å²) in [5.41, 5.74) is 7.29. The Morgan fingerprint density at radius 1 is 1.27 bits per heavy atom. The van der Waals surface area contributed by atoms with Gasteiger partial charge in [-0.1, -0.05) is 17.7 Å². The maximum Gasteiger partial charge on any atom is 0.191 e. The lowest BCUT2D eigenvalue weighted by Gasteiger charge is -2.36. The van der Waals surface area contributed by atoms with Crippen LogP contribution in [0, 0.1) is 0 Å². The van der Waals surface area contributed by atoms with Crippen molar-refractivity contribution >= 4 is 35.0 Å². The third-order valence-corrected chi connectivity index (χ3v) is 4.74. The van der Waals surface area contributed by atoms with Crippen molar-refractivity contribution < 1.29 is 0 Å². The number of benzene rings is 1. The van der Waals surface area contributed by atoms with Crippen molar-refractivity contribution in [1.29, 1.82) is 0 Å². The molecule has 1 fully saturated rings. The van der Waals surface area contributed by atoms with E-state index < -0.39 is 0 Å². The number of hydrogen-bond acceptors (Lipinski definition) is 3. The predicted molar refractivity (Wildman–Crippen MR) is 99.2 cm³/mol. The van der Waals surface area contributed by atoms with E-state index in [9.17, 15) is 0 Å². The quantitative estimate of drug-likeness (QED) is 0.375. The van der Waals surface area contributed by atoms with Crippen LogP contribution >= 0.6 is 23.4 Å². The third-order valence-electron chi connectivity index (χ3n) is 3.54. The normalized spacial score (nSPS) is 16.0. The lowest BCUT2D eigenvalue weighted by atomic mass is 10.2. The van der Waals surface area contributed by atoms with Crippen molar-refractivity contribution in [3.8, 4) is 0 Å². The smallest absolute Gasteiger partial charge is 0.191 e. The molecule has 0 unspecified atom stereocenters. The van der Waals surface area contributed by atoms with Gasteiger partial charge < -0.3 is 15.5 Å². The summed E-state index contributed by atoms with van der Waals surface area (Å²) in [5.74, 6) is 2.61. The van der Waals surface area contributed by atoms with E-state index in [1.807, 2.05) is 30.0 Å². The SMILES string of the molecule is C=CCSCCN=C(N)N1CCN(c2ccc(Cl)cc2)CC1. The van der Waals surface area contributed by atoms with Crippen LogP contribution in [0.3, 0.4) is 0 Å². The fraction of sp³-hybridized carbons (Fsp3) is 0.438. The van der Waals surface area contributed by atoms with Gasteiger partial charge in [-0.2, -0.15) is 11.8 Å². The molecule has 1 aliphatic rings. The molecule has 0 saturated carbocycles. The minimum atomic E-state index is 0.662. The summed E-state index contributed by atoms with van der Waals surface area (Å²) >= 11 is 7.75. The summed E-state index contributed by atoms with van der Waals surface area (Å²) in [7, 11) is 0. The summed E-state index contributed by atoms with van der Waals surface area (Å²) in [6, 6.07) is 7.98. The predicted octanol–water partition coefficient (Wildman–Crippen LogP) is 2.70. The molecule has 22 heavy (non-hydrogen) atoms. The van der Waals surface area contributed by atoms with Crippen LogP contribution in [0.2, 0.25) is 5.02 Å². The Bertz CT molecular complexity index is 495. The average Bonchev–Trinajstić information content (AvgIpc) is 2.55. The van der Waals surface area contributed by atoms with Gasteiger partial charge in [-0.3, -0.25) is 4.99 Å². The number of rotatable bonds is 6. The number of anilines is 1. The Morgan fingerprint density at radius 3 is 2.59 bits per heavy atom. The van der Waals surface area contributed by atoms with Crippen molar-refractivity contribution in [2.45, 2.75) is 0 Å². The van der Waals surface area contributed by atoms with Crippen LogP contribution in [0.5, 0.6) is 0 Å². The summed E-state index contributed by atoms with van der Waals surface area (Å²) in [6.45, 7) is 8.16. The highest BCUT2D eigenvalue weighted by Crippen LogP contribution is 2.19. The van der Waals surface area contributed by atoms with Gasteiger partial charge in [0.15, 0.2) is 5.96 Å². The minimum Gasteiger partial charge on any atom is -0.370 e. The Kier molecular flexibility index (Phi) is 6.93. The molecule has 1 heterocycles. The molecule has 2 rings (SSSR count). The lowest BCUT2D eigenvalue weighted by Crippen LogP contribution is -2.51. The highest BCUT2D eigenvalue weighted by Gasteiger charge is 2.18. The number of piperazine rings is 1. The molecule has 0 spiro atoms. The van der Waals surface area contributed by atoms with E-state index in [2.05, 4.69) is 33.5 Å². The van der Waals surface area contributed by atoms with Gasteiger partial charge in [0.05, 0.1) is 6.54 Å². The molecule has 4 nitrogen and oxygen atoms in total. The van der Waals surface area contributed by atoms with Gasteiger partial charge in [0, 0.05) is 48.4 Å². The fourth-order valence-electron chi connectivity index (χ4n) is 2.34. The summed E-state index contributed by atoms with van der Waals surface area (Å²) in [4.78, 5) is 8.96. The molecule has 1 aliphatic heterocycles. The van der Waals surface area contributed by atoms with Crippen molar-refractivity contribution in [1.82, 2.24) is 4.90 Å². The van der Waals surface area contributed by atoms with Gasteiger partial charge in [0.25, 0.3) is 0 Å². The van der Waals surface area contributed by atoms with Gasteiger partial charge >= 0.3 is 0 Å².